The van der Waals surface area contributed by atoms with Crippen LogP contribution in [0.1, 0.15) is 12.0 Å². The van der Waals surface area contributed by atoms with Gasteiger partial charge in [0.15, 0.2) is 0 Å². The Morgan fingerprint density at radius 2 is 2.00 bits per heavy atom. The van der Waals surface area contributed by atoms with E-state index in [1.807, 2.05) is 31.2 Å². The summed E-state index contributed by atoms with van der Waals surface area (Å²) in [7, 11) is 3.20. The lowest BCUT2D eigenvalue weighted by Crippen LogP contribution is -2.56. The molecule has 0 aromatic heterocycles. The summed E-state index contributed by atoms with van der Waals surface area (Å²) >= 11 is 0. The highest BCUT2D eigenvalue weighted by atomic mass is 16.2. The van der Waals surface area contributed by atoms with Gasteiger partial charge in [-0.1, -0.05) is 12.1 Å². The normalized spacial score (nSPS) is 20.3. The maximum Gasteiger partial charge on any atom is 0.327 e. The van der Waals surface area contributed by atoms with Crippen LogP contribution in [-0.2, 0) is 4.79 Å². The molecule has 1 aromatic carbocycles. The first kappa shape index (κ1) is 12.4. The SMILES string of the molecule is Cc1cccc(NC2CC(=O)N(C)C(=O)N2C)c1. The zero-order valence-electron chi connectivity index (χ0n) is 10.8. The van der Waals surface area contributed by atoms with E-state index in [4.69, 9.17) is 0 Å². The third kappa shape index (κ3) is 2.30. The predicted octanol–water partition coefficient (Wildman–Crippen LogP) is 1.65. The number of nitrogens with one attached hydrogen (secondary N) is 1. The van der Waals surface area contributed by atoms with Crippen molar-refractivity contribution in [2.24, 2.45) is 0 Å². The Labute approximate surface area is 106 Å². The lowest BCUT2D eigenvalue weighted by molar-refractivity contribution is -0.130. The Bertz CT molecular complexity index is 487. The summed E-state index contributed by atoms with van der Waals surface area (Å²) in [5.74, 6) is -0.164. The zero-order valence-corrected chi connectivity index (χ0v) is 10.8. The Balaban J connectivity index is 2.14. The minimum Gasteiger partial charge on any atom is -0.365 e. The van der Waals surface area contributed by atoms with E-state index in [0.717, 1.165) is 16.2 Å². The third-order valence-electron chi connectivity index (χ3n) is 3.15. The van der Waals surface area contributed by atoms with Crippen molar-refractivity contribution in [3.05, 3.63) is 29.8 Å². The summed E-state index contributed by atoms with van der Waals surface area (Å²) in [6.45, 7) is 2.00. The fourth-order valence-corrected chi connectivity index (χ4v) is 1.99. The second-order valence-electron chi connectivity index (χ2n) is 4.58. The number of imide groups is 1. The van der Waals surface area contributed by atoms with Gasteiger partial charge in [0.05, 0.1) is 6.42 Å². The smallest absolute Gasteiger partial charge is 0.327 e. The quantitative estimate of drug-likeness (QED) is 0.864. The van der Waals surface area contributed by atoms with Crippen LogP contribution in [-0.4, -0.2) is 42.0 Å². The molecular weight excluding hydrogens is 230 g/mol. The molecule has 1 fully saturated rings. The van der Waals surface area contributed by atoms with Crippen LogP contribution in [0.2, 0.25) is 0 Å². The zero-order chi connectivity index (χ0) is 13.3. The summed E-state index contributed by atoms with van der Waals surface area (Å²) in [5.41, 5.74) is 2.05. The van der Waals surface area contributed by atoms with E-state index < -0.39 is 0 Å². The molecule has 1 saturated heterocycles. The van der Waals surface area contributed by atoms with Gasteiger partial charge in [-0.2, -0.15) is 0 Å². The van der Waals surface area contributed by atoms with Crippen LogP contribution in [0.25, 0.3) is 0 Å². The van der Waals surface area contributed by atoms with Crippen molar-refractivity contribution in [2.45, 2.75) is 19.5 Å². The fourth-order valence-electron chi connectivity index (χ4n) is 1.99. The van der Waals surface area contributed by atoms with Gasteiger partial charge in [0, 0.05) is 19.8 Å². The molecule has 96 valence electrons. The highest BCUT2D eigenvalue weighted by Crippen LogP contribution is 2.18. The van der Waals surface area contributed by atoms with Gasteiger partial charge < -0.3 is 10.2 Å². The van der Waals surface area contributed by atoms with E-state index in [2.05, 4.69) is 5.32 Å². The van der Waals surface area contributed by atoms with Crippen LogP contribution < -0.4 is 5.32 Å². The molecule has 0 spiro atoms. The molecule has 1 aliphatic rings. The maximum atomic E-state index is 11.8. The number of anilines is 1. The van der Waals surface area contributed by atoms with Crippen molar-refractivity contribution in [3.63, 3.8) is 0 Å². The Hall–Kier alpha value is -2.04. The van der Waals surface area contributed by atoms with Gasteiger partial charge in [0.2, 0.25) is 5.91 Å². The molecule has 0 aliphatic carbocycles. The second-order valence-corrected chi connectivity index (χ2v) is 4.58. The molecule has 1 heterocycles. The van der Waals surface area contributed by atoms with E-state index in [9.17, 15) is 9.59 Å². The van der Waals surface area contributed by atoms with Gasteiger partial charge in [0.25, 0.3) is 0 Å². The number of hydrogen-bond acceptors (Lipinski definition) is 3. The van der Waals surface area contributed by atoms with Crippen molar-refractivity contribution in [2.75, 3.05) is 19.4 Å². The predicted molar refractivity (Wildman–Crippen MR) is 69.1 cm³/mol. The molecule has 18 heavy (non-hydrogen) atoms. The molecule has 0 bridgehead atoms. The second kappa shape index (κ2) is 4.68. The monoisotopic (exact) mass is 247 g/mol. The molecule has 0 saturated carbocycles. The maximum absolute atomic E-state index is 11.8. The highest BCUT2D eigenvalue weighted by molar-refractivity contribution is 5.97. The molecule has 2 rings (SSSR count). The van der Waals surface area contributed by atoms with Crippen LogP contribution in [0.5, 0.6) is 0 Å². The minimum atomic E-state index is -0.289. The summed E-state index contributed by atoms with van der Waals surface area (Å²) in [6, 6.07) is 7.57. The first-order chi connectivity index (χ1) is 8.49. The molecule has 3 amide bonds. The number of aryl methyl sites for hydroxylation is 1. The molecule has 5 nitrogen and oxygen atoms in total. The van der Waals surface area contributed by atoms with Crippen molar-refractivity contribution >= 4 is 17.6 Å². The van der Waals surface area contributed by atoms with E-state index in [1.54, 1.807) is 11.9 Å². The molecule has 1 aromatic rings. The van der Waals surface area contributed by atoms with Crippen molar-refractivity contribution in [3.8, 4) is 0 Å². The number of urea groups is 1. The third-order valence-corrected chi connectivity index (χ3v) is 3.15. The van der Waals surface area contributed by atoms with Crippen LogP contribution in [0, 0.1) is 6.92 Å². The van der Waals surface area contributed by atoms with Gasteiger partial charge >= 0.3 is 6.03 Å². The molecule has 5 heteroatoms. The largest absolute Gasteiger partial charge is 0.365 e. The summed E-state index contributed by atoms with van der Waals surface area (Å²) in [4.78, 5) is 26.1. The molecule has 0 radical (unpaired) electrons. The van der Waals surface area contributed by atoms with Crippen LogP contribution in [0.4, 0.5) is 10.5 Å². The summed E-state index contributed by atoms with van der Waals surface area (Å²) in [6.07, 6.45) is -0.00448. The summed E-state index contributed by atoms with van der Waals surface area (Å²) in [5, 5.41) is 3.21. The van der Waals surface area contributed by atoms with Gasteiger partial charge in [-0.25, -0.2) is 4.79 Å². The number of carbonyl (C=O) groups is 2. The van der Waals surface area contributed by atoms with Crippen molar-refractivity contribution in [1.82, 2.24) is 9.80 Å². The van der Waals surface area contributed by atoms with Crippen molar-refractivity contribution in [1.29, 1.82) is 0 Å². The average Bonchev–Trinajstić information content (AvgIpc) is 2.33. The Morgan fingerprint density at radius 1 is 1.28 bits per heavy atom. The van der Waals surface area contributed by atoms with Gasteiger partial charge in [-0.3, -0.25) is 9.69 Å². The number of rotatable bonds is 2. The molecule has 1 aliphatic heterocycles. The minimum absolute atomic E-state index is 0.164. The molecular formula is C13H17N3O2. The van der Waals surface area contributed by atoms with Gasteiger partial charge in [0.1, 0.15) is 6.17 Å². The van der Waals surface area contributed by atoms with Gasteiger partial charge in [-0.05, 0) is 24.6 Å². The Morgan fingerprint density at radius 3 is 2.67 bits per heavy atom. The molecule has 1 unspecified atom stereocenters. The first-order valence-electron chi connectivity index (χ1n) is 5.85. The average molecular weight is 247 g/mol. The topological polar surface area (TPSA) is 52.7 Å². The van der Waals surface area contributed by atoms with E-state index in [0.29, 0.717) is 0 Å². The number of nitrogens with zero attached hydrogens (tertiary/aromatic N) is 2. The van der Waals surface area contributed by atoms with E-state index in [1.165, 1.54) is 7.05 Å². The van der Waals surface area contributed by atoms with Crippen molar-refractivity contribution < 1.29 is 9.59 Å². The number of hydrogen-bond donors (Lipinski definition) is 1. The molecule has 1 atom stereocenters. The highest BCUT2D eigenvalue weighted by Gasteiger charge is 2.34. The fraction of sp³-hybridized carbons (Fsp3) is 0.385. The Kier molecular flexibility index (Phi) is 3.23. The van der Waals surface area contributed by atoms with Crippen LogP contribution in [0.3, 0.4) is 0 Å². The standard InChI is InChI=1S/C13H17N3O2/c1-9-5-4-6-10(7-9)14-11-8-12(17)16(3)13(18)15(11)2/h4-7,11,14H,8H2,1-3H3. The number of benzene rings is 1. The van der Waals surface area contributed by atoms with E-state index >= 15 is 0 Å². The lowest BCUT2D eigenvalue weighted by atomic mass is 10.2. The number of carbonyl (C=O) groups excluding carboxylic acids is 2. The lowest BCUT2D eigenvalue weighted by Gasteiger charge is -2.37. The number of amides is 3. The van der Waals surface area contributed by atoms with Crippen LogP contribution >= 0.6 is 0 Å². The first-order valence-corrected chi connectivity index (χ1v) is 5.85. The van der Waals surface area contributed by atoms with Gasteiger partial charge in [-0.15, -0.1) is 0 Å². The van der Waals surface area contributed by atoms with Crippen LogP contribution in [0.15, 0.2) is 24.3 Å². The van der Waals surface area contributed by atoms with E-state index in [-0.39, 0.29) is 24.5 Å². The molecule has 1 N–H and O–H groups in total. The summed E-state index contributed by atoms with van der Waals surface area (Å²) < 4.78 is 0.